The summed E-state index contributed by atoms with van der Waals surface area (Å²) in [5.41, 5.74) is -1.52. The lowest BCUT2D eigenvalue weighted by molar-refractivity contribution is -0.141. The molecule has 0 saturated carbocycles. The normalized spacial score (nSPS) is 17.9. The number of nitrogens with zero attached hydrogens (tertiary/aromatic N) is 1. The number of benzene rings is 1. The van der Waals surface area contributed by atoms with E-state index >= 15 is 0 Å². The number of piperazine rings is 1. The van der Waals surface area contributed by atoms with E-state index in [-0.39, 0.29) is 12.4 Å². The third kappa shape index (κ3) is 6.31. The molecule has 0 aromatic heterocycles. The monoisotopic (exact) mass is 394 g/mol. The van der Waals surface area contributed by atoms with E-state index < -0.39 is 48.2 Å². The summed E-state index contributed by atoms with van der Waals surface area (Å²) in [5, 5.41) is 2.99. The van der Waals surface area contributed by atoms with Crippen LogP contribution in [-0.2, 0) is 6.18 Å². The lowest BCUT2D eigenvalue weighted by Gasteiger charge is -2.36. The van der Waals surface area contributed by atoms with E-state index in [4.69, 9.17) is 0 Å². The molecule has 10 heteroatoms. The first-order valence-corrected chi connectivity index (χ1v) is 7.46. The smallest absolute Gasteiger partial charge is 0.314 e. The van der Waals surface area contributed by atoms with Crippen LogP contribution in [0.3, 0.4) is 0 Å². The molecule has 1 aromatic rings. The van der Waals surface area contributed by atoms with Gasteiger partial charge in [-0.2, -0.15) is 26.3 Å². The maximum absolute atomic E-state index is 13.5. The van der Waals surface area contributed by atoms with E-state index in [1.165, 1.54) is 0 Å². The SMILES string of the molecule is Cl.Fc1ccc(C(F)(F)F)c([C@H](CCC(F)(F)F)N2CCNCC2)c1. The van der Waals surface area contributed by atoms with Crippen molar-refractivity contribution in [2.45, 2.75) is 31.2 Å². The predicted molar refractivity (Wildman–Crippen MR) is 81.1 cm³/mol. The van der Waals surface area contributed by atoms with Crippen LogP contribution in [0.5, 0.6) is 0 Å². The van der Waals surface area contributed by atoms with E-state index in [0.717, 1.165) is 0 Å². The zero-order valence-electron chi connectivity index (χ0n) is 13.1. The van der Waals surface area contributed by atoms with Gasteiger partial charge in [0.15, 0.2) is 0 Å². The predicted octanol–water partition coefficient (Wildman–Crippen LogP) is 4.56. The van der Waals surface area contributed by atoms with Crippen molar-refractivity contribution in [3.05, 3.63) is 35.1 Å². The van der Waals surface area contributed by atoms with Crippen molar-refractivity contribution in [1.29, 1.82) is 0 Å². The first-order chi connectivity index (χ1) is 11.1. The molecule has 0 bridgehead atoms. The molecule has 1 aromatic carbocycles. The molecule has 2 rings (SSSR count). The van der Waals surface area contributed by atoms with Crippen LogP contribution in [0, 0.1) is 5.82 Å². The third-order valence-corrected chi connectivity index (χ3v) is 3.97. The Morgan fingerprint density at radius 3 is 2.16 bits per heavy atom. The second-order valence-electron chi connectivity index (χ2n) is 5.68. The molecule has 0 unspecified atom stereocenters. The summed E-state index contributed by atoms with van der Waals surface area (Å²) < 4.78 is 90.9. The minimum Gasteiger partial charge on any atom is -0.314 e. The highest BCUT2D eigenvalue weighted by molar-refractivity contribution is 5.85. The maximum atomic E-state index is 13.5. The molecule has 2 nitrogen and oxygen atoms in total. The van der Waals surface area contributed by atoms with Gasteiger partial charge < -0.3 is 5.32 Å². The second kappa shape index (κ2) is 8.55. The third-order valence-electron chi connectivity index (χ3n) is 3.97. The molecule has 1 aliphatic rings. The van der Waals surface area contributed by atoms with E-state index in [0.29, 0.717) is 44.4 Å². The van der Waals surface area contributed by atoms with Gasteiger partial charge >= 0.3 is 12.4 Å². The van der Waals surface area contributed by atoms with Gasteiger partial charge in [0, 0.05) is 38.6 Å². The highest BCUT2D eigenvalue weighted by Gasteiger charge is 2.38. The fourth-order valence-electron chi connectivity index (χ4n) is 2.90. The summed E-state index contributed by atoms with van der Waals surface area (Å²) in [5.74, 6) is -0.898. The van der Waals surface area contributed by atoms with E-state index in [1.807, 2.05) is 0 Å². The van der Waals surface area contributed by atoms with Crippen molar-refractivity contribution in [3.8, 4) is 0 Å². The Labute approximate surface area is 146 Å². The molecular weight excluding hydrogens is 377 g/mol. The largest absolute Gasteiger partial charge is 0.416 e. The maximum Gasteiger partial charge on any atom is 0.416 e. The molecule has 1 heterocycles. The molecule has 1 atom stereocenters. The van der Waals surface area contributed by atoms with Crippen LogP contribution in [-0.4, -0.2) is 37.3 Å². The number of halogens is 8. The molecule has 1 fully saturated rings. The zero-order chi connectivity index (χ0) is 18.0. The highest BCUT2D eigenvalue weighted by Crippen LogP contribution is 2.39. The minimum atomic E-state index is -4.76. The zero-order valence-corrected chi connectivity index (χ0v) is 13.9. The Morgan fingerprint density at radius 2 is 1.64 bits per heavy atom. The molecule has 0 amide bonds. The summed E-state index contributed by atoms with van der Waals surface area (Å²) in [6.45, 7) is 1.52. The Bertz CT molecular complexity index is 554. The van der Waals surface area contributed by atoms with Gasteiger partial charge in [0.25, 0.3) is 0 Å². The Morgan fingerprint density at radius 1 is 1.04 bits per heavy atom. The van der Waals surface area contributed by atoms with Gasteiger partial charge in [-0.15, -0.1) is 12.4 Å². The number of hydrogen-bond acceptors (Lipinski definition) is 2. The number of hydrogen-bond donors (Lipinski definition) is 1. The van der Waals surface area contributed by atoms with Crippen LogP contribution in [0.2, 0.25) is 0 Å². The van der Waals surface area contributed by atoms with Gasteiger partial charge in [-0.3, -0.25) is 4.90 Å². The van der Waals surface area contributed by atoms with Crippen molar-refractivity contribution in [1.82, 2.24) is 10.2 Å². The van der Waals surface area contributed by atoms with Gasteiger partial charge in [-0.25, -0.2) is 4.39 Å². The number of alkyl halides is 6. The highest BCUT2D eigenvalue weighted by atomic mass is 35.5. The fraction of sp³-hybridized carbons (Fsp3) is 0.600. The van der Waals surface area contributed by atoms with Gasteiger partial charge in [0.2, 0.25) is 0 Å². The second-order valence-corrected chi connectivity index (χ2v) is 5.68. The molecule has 25 heavy (non-hydrogen) atoms. The fourth-order valence-corrected chi connectivity index (χ4v) is 2.90. The van der Waals surface area contributed by atoms with Crippen molar-refractivity contribution in [3.63, 3.8) is 0 Å². The van der Waals surface area contributed by atoms with Gasteiger partial charge in [0.05, 0.1) is 5.56 Å². The first-order valence-electron chi connectivity index (χ1n) is 7.46. The van der Waals surface area contributed by atoms with Gasteiger partial charge in [0.1, 0.15) is 5.82 Å². The Hall–Kier alpha value is -1.06. The summed E-state index contributed by atoms with van der Waals surface area (Å²) in [6.07, 6.45) is -11.0. The summed E-state index contributed by atoms with van der Waals surface area (Å²) in [6, 6.07) is 0.825. The lowest BCUT2D eigenvalue weighted by Crippen LogP contribution is -2.45. The Kier molecular flexibility index (Phi) is 7.52. The molecule has 1 N–H and O–H groups in total. The van der Waals surface area contributed by atoms with Crippen LogP contribution in [0.4, 0.5) is 30.7 Å². The summed E-state index contributed by atoms with van der Waals surface area (Å²) >= 11 is 0. The summed E-state index contributed by atoms with van der Waals surface area (Å²) in [4.78, 5) is 1.55. The molecule has 144 valence electrons. The van der Waals surface area contributed by atoms with Crippen molar-refractivity contribution in [2.75, 3.05) is 26.2 Å². The van der Waals surface area contributed by atoms with E-state index in [9.17, 15) is 30.7 Å². The molecule has 0 aliphatic carbocycles. The van der Waals surface area contributed by atoms with Crippen LogP contribution >= 0.6 is 12.4 Å². The van der Waals surface area contributed by atoms with Crippen LogP contribution in [0.15, 0.2) is 18.2 Å². The average Bonchev–Trinajstić information content (AvgIpc) is 2.46. The molecular formula is C15H18ClF7N2. The van der Waals surface area contributed by atoms with Crippen molar-refractivity contribution < 1.29 is 30.7 Å². The van der Waals surface area contributed by atoms with Gasteiger partial charge in [-0.05, 0) is 30.2 Å². The topological polar surface area (TPSA) is 15.3 Å². The minimum absolute atomic E-state index is 0. The molecule has 0 spiro atoms. The quantitative estimate of drug-likeness (QED) is 0.753. The lowest BCUT2D eigenvalue weighted by atomic mass is 9.94. The van der Waals surface area contributed by atoms with Crippen LogP contribution < -0.4 is 5.32 Å². The average molecular weight is 395 g/mol. The number of rotatable bonds is 4. The number of nitrogens with one attached hydrogen (secondary N) is 1. The summed E-state index contributed by atoms with van der Waals surface area (Å²) in [7, 11) is 0. The van der Waals surface area contributed by atoms with Crippen molar-refractivity contribution >= 4 is 12.4 Å². The molecule has 1 saturated heterocycles. The first kappa shape index (κ1) is 22.0. The van der Waals surface area contributed by atoms with E-state index in [2.05, 4.69) is 5.32 Å². The van der Waals surface area contributed by atoms with E-state index in [1.54, 1.807) is 4.90 Å². The van der Waals surface area contributed by atoms with Crippen molar-refractivity contribution in [2.24, 2.45) is 0 Å². The Balaban J connectivity index is 0.00000312. The molecule has 0 radical (unpaired) electrons. The standard InChI is InChI=1S/C15H17F7N2.ClH/c16-10-1-2-12(15(20,21)22)11(9-10)13(3-4-14(17,18)19)24-7-5-23-6-8-24;/h1-2,9,13,23H,3-8H2;1H/t13-;/m0./s1. The van der Waals surface area contributed by atoms with Gasteiger partial charge in [-0.1, -0.05) is 0 Å². The van der Waals surface area contributed by atoms with Crippen LogP contribution in [0.1, 0.15) is 30.0 Å². The van der Waals surface area contributed by atoms with Crippen LogP contribution in [0.25, 0.3) is 0 Å². The molecule has 1 aliphatic heterocycles.